The summed E-state index contributed by atoms with van der Waals surface area (Å²) in [6, 6.07) is 16.5. The first-order chi connectivity index (χ1) is 15.2. The molecular formula is C22H25FN7O+. The lowest BCUT2D eigenvalue weighted by Gasteiger charge is -2.37. The van der Waals surface area contributed by atoms with Crippen LogP contribution in [0.1, 0.15) is 23.0 Å². The van der Waals surface area contributed by atoms with Crippen LogP contribution in [0.15, 0.2) is 48.5 Å². The van der Waals surface area contributed by atoms with Crippen molar-refractivity contribution in [3.63, 3.8) is 0 Å². The van der Waals surface area contributed by atoms with Gasteiger partial charge in [0.2, 0.25) is 5.82 Å². The number of rotatable bonds is 7. The minimum absolute atomic E-state index is 0.136. The number of quaternary nitrogens is 1. The van der Waals surface area contributed by atoms with E-state index >= 15 is 0 Å². The summed E-state index contributed by atoms with van der Waals surface area (Å²) in [7, 11) is 1.64. The van der Waals surface area contributed by atoms with Crippen molar-refractivity contribution >= 4 is 5.69 Å². The van der Waals surface area contributed by atoms with E-state index in [1.165, 1.54) is 11.0 Å². The van der Waals surface area contributed by atoms with Crippen LogP contribution < -0.4 is 9.80 Å². The molecule has 0 unspecified atom stereocenters. The maximum atomic E-state index is 14.3. The van der Waals surface area contributed by atoms with Gasteiger partial charge in [0.15, 0.2) is 6.04 Å². The van der Waals surface area contributed by atoms with Crippen molar-refractivity contribution in [1.29, 1.82) is 5.26 Å². The quantitative estimate of drug-likeness (QED) is 0.607. The Morgan fingerprint density at radius 1 is 1.19 bits per heavy atom. The molecule has 31 heavy (non-hydrogen) atoms. The van der Waals surface area contributed by atoms with Gasteiger partial charge >= 0.3 is 0 Å². The van der Waals surface area contributed by atoms with Crippen molar-refractivity contribution in [3.8, 4) is 6.07 Å². The number of methoxy groups -OCH3 is 1. The molecule has 3 aromatic rings. The smallest absolute Gasteiger partial charge is 0.214 e. The van der Waals surface area contributed by atoms with Gasteiger partial charge in [-0.25, -0.2) is 9.07 Å². The number of nitriles is 1. The first-order valence-corrected chi connectivity index (χ1v) is 10.3. The highest BCUT2D eigenvalue weighted by Crippen LogP contribution is 2.21. The Hall–Kier alpha value is -3.35. The number of nitrogens with zero attached hydrogens (tertiary/aromatic N) is 6. The normalized spacial score (nSPS) is 15.6. The van der Waals surface area contributed by atoms with Crippen molar-refractivity contribution in [3.05, 3.63) is 71.3 Å². The maximum Gasteiger partial charge on any atom is 0.214 e. The highest BCUT2D eigenvalue weighted by atomic mass is 19.1. The van der Waals surface area contributed by atoms with E-state index in [0.29, 0.717) is 37.5 Å². The molecule has 9 heteroatoms. The second-order valence-corrected chi connectivity index (χ2v) is 7.52. The average Bonchev–Trinajstić information content (AvgIpc) is 3.27. The summed E-state index contributed by atoms with van der Waals surface area (Å²) >= 11 is 0. The van der Waals surface area contributed by atoms with E-state index in [0.717, 1.165) is 24.5 Å². The summed E-state index contributed by atoms with van der Waals surface area (Å²) < 4.78 is 21.2. The second kappa shape index (κ2) is 9.64. The molecule has 8 nitrogen and oxygen atoms in total. The molecule has 1 N–H and O–H groups in total. The summed E-state index contributed by atoms with van der Waals surface area (Å²) in [6.07, 6.45) is 0. The number of aromatic nitrogens is 4. The van der Waals surface area contributed by atoms with Gasteiger partial charge in [0, 0.05) is 12.7 Å². The van der Waals surface area contributed by atoms with Crippen LogP contribution in [0, 0.1) is 17.1 Å². The lowest BCUT2D eigenvalue weighted by Crippen LogP contribution is -3.15. The minimum atomic E-state index is -0.201. The largest absolute Gasteiger partial charge is 0.383 e. The first kappa shape index (κ1) is 20.9. The zero-order chi connectivity index (χ0) is 21.6. The van der Waals surface area contributed by atoms with E-state index in [-0.39, 0.29) is 11.9 Å². The number of tetrazole rings is 1. The molecule has 0 bridgehead atoms. The van der Waals surface area contributed by atoms with Crippen molar-refractivity contribution < 1.29 is 14.0 Å². The zero-order valence-corrected chi connectivity index (χ0v) is 17.4. The molecule has 1 atom stereocenters. The Morgan fingerprint density at radius 2 is 2.00 bits per heavy atom. The molecule has 0 spiro atoms. The number of halogens is 1. The molecular weight excluding hydrogens is 397 g/mol. The molecule has 0 aliphatic carbocycles. The minimum Gasteiger partial charge on any atom is -0.383 e. The molecule has 0 amide bonds. The Balaban J connectivity index is 1.62. The third kappa shape index (κ3) is 4.55. The molecule has 1 aliphatic rings. The number of ether oxygens (including phenoxy) is 1. The number of nitrogens with one attached hydrogen (secondary N) is 1. The maximum absolute atomic E-state index is 14.3. The zero-order valence-electron chi connectivity index (χ0n) is 17.4. The predicted molar refractivity (Wildman–Crippen MR) is 112 cm³/mol. The summed E-state index contributed by atoms with van der Waals surface area (Å²) in [5, 5.41) is 21.8. The van der Waals surface area contributed by atoms with Crippen LogP contribution in [-0.2, 0) is 11.3 Å². The first-order valence-electron chi connectivity index (χ1n) is 10.3. The number of piperazine rings is 1. The van der Waals surface area contributed by atoms with Gasteiger partial charge in [-0.05, 0) is 34.7 Å². The van der Waals surface area contributed by atoms with Crippen LogP contribution in [0.2, 0.25) is 0 Å². The lowest BCUT2D eigenvalue weighted by molar-refractivity contribution is -0.927. The van der Waals surface area contributed by atoms with Gasteiger partial charge in [-0.1, -0.05) is 24.3 Å². The van der Waals surface area contributed by atoms with E-state index in [1.54, 1.807) is 23.9 Å². The number of benzene rings is 2. The highest BCUT2D eigenvalue weighted by molar-refractivity contribution is 5.47. The van der Waals surface area contributed by atoms with Gasteiger partial charge in [0.05, 0.1) is 56.7 Å². The third-order valence-corrected chi connectivity index (χ3v) is 5.68. The van der Waals surface area contributed by atoms with Gasteiger partial charge in [-0.15, -0.1) is 5.10 Å². The van der Waals surface area contributed by atoms with Gasteiger partial charge in [-0.2, -0.15) is 5.26 Å². The second-order valence-electron chi connectivity index (χ2n) is 7.52. The molecule has 2 heterocycles. The molecule has 2 aromatic carbocycles. The average molecular weight is 422 g/mol. The van der Waals surface area contributed by atoms with Gasteiger partial charge in [-0.3, -0.25) is 0 Å². The van der Waals surface area contributed by atoms with Crippen molar-refractivity contribution in [2.75, 3.05) is 44.8 Å². The van der Waals surface area contributed by atoms with Gasteiger partial charge in [0.25, 0.3) is 0 Å². The fraction of sp³-hybridized carbons (Fsp3) is 0.364. The SMILES string of the molecule is COCCn1nnnc1[C@@H](c1cccc(C#N)c1)[NH+]1CCN(c2ccccc2F)CC1. The molecule has 4 rings (SSSR count). The summed E-state index contributed by atoms with van der Waals surface area (Å²) in [4.78, 5) is 3.35. The topological polar surface area (TPSA) is 84.3 Å². The van der Waals surface area contributed by atoms with Crippen LogP contribution in [0.5, 0.6) is 0 Å². The van der Waals surface area contributed by atoms with Crippen LogP contribution in [0.4, 0.5) is 10.1 Å². The van der Waals surface area contributed by atoms with Crippen molar-refractivity contribution in [2.45, 2.75) is 12.6 Å². The standard InChI is InChI=1S/C22H24FN7O/c1-31-14-13-30-22(25-26-27-30)21(18-6-4-5-17(15-18)16-24)29-11-9-28(10-12-29)20-8-3-2-7-19(20)23/h2-8,15,21H,9-14H2,1H3/p+1/t21-/m1/s1. The third-order valence-electron chi connectivity index (χ3n) is 5.68. The van der Waals surface area contributed by atoms with Crippen LogP contribution in [-0.4, -0.2) is 60.1 Å². The number of hydrogen-bond acceptors (Lipinski definition) is 6. The number of hydrogen-bond donors (Lipinski definition) is 1. The van der Waals surface area contributed by atoms with E-state index < -0.39 is 0 Å². The van der Waals surface area contributed by atoms with Crippen LogP contribution >= 0.6 is 0 Å². The van der Waals surface area contributed by atoms with Crippen molar-refractivity contribution in [2.24, 2.45) is 0 Å². The van der Waals surface area contributed by atoms with E-state index in [1.807, 2.05) is 30.3 Å². The molecule has 1 saturated heterocycles. The van der Waals surface area contributed by atoms with E-state index in [2.05, 4.69) is 26.5 Å². The van der Waals surface area contributed by atoms with Gasteiger partial charge < -0.3 is 14.5 Å². The Kier molecular flexibility index (Phi) is 6.50. The van der Waals surface area contributed by atoms with Crippen LogP contribution in [0.25, 0.3) is 0 Å². The van der Waals surface area contributed by atoms with Crippen LogP contribution in [0.3, 0.4) is 0 Å². The predicted octanol–water partition coefficient (Wildman–Crippen LogP) is 0.825. The number of anilines is 1. The molecule has 1 aliphatic heterocycles. The summed E-state index contributed by atoms with van der Waals surface area (Å²) in [6.45, 7) is 4.04. The fourth-order valence-corrected chi connectivity index (χ4v) is 4.14. The Morgan fingerprint density at radius 3 is 2.74 bits per heavy atom. The van der Waals surface area contributed by atoms with E-state index in [9.17, 15) is 9.65 Å². The summed E-state index contributed by atoms with van der Waals surface area (Å²) in [5.74, 6) is 0.536. The fourth-order valence-electron chi connectivity index (χ4n) is 4.14. The molecule has 1 aromatic heterocycles. The van der Waals surface area contributed by atoms with Crippen molar-refractivity contribution in [1.82, 2.24) is 20.2 Å². The van der Waals surface area contributed by atoms with Gasteiger partial charge in [0.1, 0.15) is 5.82 Å². The lowest BCUT2D eigenvalue weighted by atomic mass is 10.0. The Labute approximate surface area is 180 Å². The number of para-hydroxylation sites is 1. The summed E-state index contributed by atoms with van der Waals surface area (Å²) in [5.41, 5.74) is 2.22. The molecule has 0 saturated carbocycles. The Bertz CT molecular complexity index is 1060. The molecule has 160 valence electrons. The monoisotopic (exact) mass is 422 g/mol. The molecule has 0 radical (unpaired) electrons. The van der Waals surface area contributed by atoms with E-state index in [4.69, 9.17) is 4.74 Å². The molecule has 1 fully saturated rings. The highest BCUT2D eigenvalue weighted by Gasteiger charge is 2.34.